The van der Waals surface area contributed by atoms with Gasteiger partial charge in [-0.3, -0.25) is 19.7 Å². The summed E-state index contributed by atoms with van der Waals surface area (Å²) in [5, 5.41) is 4.53. The van der Waals surface area contributed by atoms with Crippen molar-refractivity contribution in [3.05, 3.63) is 64.2 Å². The summed E-state index contributed by atoms with van der Waals surface area (Å²) in [5.41, 5.74) is 6.17. The number of nitrogens with one attached hydrogen (secondary N) is 2. The molecule has 1 unspecified atom stereocenters. The lowest BCUT2D eigenvalue weighted by Crippen LogP contribution is -2.46. The first-order valence-electron chi connectivity index (χ1n) is 9.55. The fraction of sp³-hybridized carbons (Fsp3) is 0.227. The molecule has 1 atom stereocenters. The minimum atomic E-state index is -1.31. The first kappa shape index (κ1) is 21.7. The molecular weight excluding hydrogens is 402 g/mol. The summed E-state index contributed by atoms with van der Waals surface area (Å²) >= 11 is 0. The Morgan fingerprint density at radius 3 is 2.13 bits per heavy atom. The van der Waals surface area contributed by atoms with Crippen molar-refractivity contribution in [1.29, 1.82) is 0 Å². The number of benzene rings is 2. The number of fused-ring (bicyclic) bond motifs is 2. The Morgan fingerprint density at radius 2 is 1.52 bits per heavy atom. The zero-order valence-electron chi connectivity index (χ0n) is 17.1. The number of urea groups is 1. The number of hydrogen-bond acceptors (Lipinski definition) is 7. The van der Waals surface area contributed by atoms with Gasteiger partial charge in [0, 0.05) is 22.7 Å². The van der Waals surface area contributed by atoms with Gasteiger partial charge in [-0.15, -0.1) is 0 Å². The summed E-state index contributed by atoms with van der Waals surface area (Å²) in [6.45, 7) is 4.73. The number of hydrogen-bond donors (Lipinski definition) is 3. The Kier molecular flexibility index (Phi) is 5.87. The Hall–Kier alpha value is -4.01. The molecule has 0 heterocycles. The number of amides is 3. The van der Waals surface area contributed by atoms with Crippen LogP contribution in [0.3, 0.4) is 0 Å². The molecule has 160 valence electrons. The maximum absolute atomic E-state index is 12.9. The lowest BCUT2D eigenvalue weighted by molar-refractivity contribution is -0.127. The molecule has 0 radical (unpaired) electrons. The molecule has 0 aromatic heterocycles. The van der Waals surface area contributed by atoms with Crippen LogP contribution < -0.4 is 16.4 Å². The van der Waals surface area contributed by atoms with Crippen LogP contribution in [0.1, 0.15) is 63.0 Å². The summed E-state index contributed by atoms with van der Waals surface area (Å²) in [5.74, 6) is -2.65. The van der Waals surface area contributed by atoms with Gasteiger partial charge in [0.05, 0.1) is 16.8 Å². The van der Waals surface area contributed by atoms with E-state index in [9.17, 15) is 24.0 Å². The fourth-order valence-electron chi connectivity index (χ4n) is 3.18. The van der Waals surface area contributed by atoms with Gasteiger partial charge in [-0.2, -0.15) is 0 Å². The van der Waals surface area contributed by atoms with E-state index in [1.807, 2.05) is 0 Å². The van der Waals surface area contributed by atoms with Crippen molar-refractivity contribution in [3.8, 4) is 0 Å². The van der Waals surface area contributed by atoms with Gasteiger partial charge in [0.1, 0.15) is 0 Å². The molecule has 0 fully saturated rings. The molecule has 0 aliphatic heterocycles. The van der Waals surface area contributed by atoms with Crippen molar-refractivity contribution < 1.29 is 28.7 Å². The SMILES string of the molecule is CC(C)NC(=O)NC(=O)C(C)OC(=O)c1ccc2c(c1N)C(=O)c1ccccc1C2=O. The van der Waals surface area contributed by atoms with Crippen LogP contribution in [0.15, 0.2) is 36.4 Å². The topological polar surface area (TPSA) is 145 Å². The lowest BCUT2D eigenvalue weighted by Gasteiger charge is -2.20. The Balaban J connectivity index is 1.82. The monoisotopic (exact) mass is 423 g/mol. The van der Waals surface area contributed by atoms with E-state index in [1.54, 1.807) is 32.0 Å². The zero-order chi connectivity index (χ0) is 22.9. The highest BCUT2D eigenvalue weighted by atomic mass is 16.5. The molecule has 2 aromatic carbocycles. The molecule has 0 spiro atoms. The minimum Gasteiger partial charge on any atom is -0.449 e. The molecule has 0 saturated carbocycles. The standard InChI is InChI=1S/C22H21N3O6/c1-10(2)24-22(30)25-20(28)11(3)31-21(29)15-9-8-14-16(17(15)23)19(27)13-7-5-4-6-12(13)18(14)26/h4-11H,23H2,1-3H3,(H2,24,25,28,30). The van der Waals surface area contributed by atoms with Crippen molar-refractivity contribution in [2.45, 2.75) is 32.9 Å². The number of nitrogens with two attached hydrogens (primary N) is 1. The molecule has 4 N–H and O–H groups in total. The second kappa shape index (κ2) is 8.39. The summed E-state index contributed by atoms with van der Waals surface area (Å²) in [6.07, 6.45) is -1.31. The fourth-order valence-corrected chi connectivity index (χ4v) is 3.18. The maximum atomic E-state index is 12.9. The summed E-state index contributed by atoms with van der Waals surface area (Å²) in [4.78, 5) is 61.9. The molecule has 31 heavy (non-hydrogen) atoms. The van der Waals surface area contributed by atoms with Crippen molar-refractivity contribution in [1.82, 2.24) is 10.6 Å². The second-order valence-corrected chi connectivity index (χ2v) is 7.32. The Morgan fingerprint density at radius 1 is 0.903 bits per heavy atom. The van der Waals surface area contributed by atoms with E-state index in [2.05, 4.69) is 10.6 Å². The average molecular weight is 423 g/mol. The van der Waals surface area contributed by atoms with Crippen LogP contribution >= 0.6 is 0 Å². The van der Waals surface area contributed by atoms with E-state index in [0.29, 0.717) is 0 Å². The number of ketones is 2. The van der Waals surface area contributed by atoms with Gasteiger partial charge >= 0.3 is 12.0 Å². The highest BCUT2D eigenvalue weighted by Crippen LogP contribution is 2.33. The first-order valence-corrected chi connectivity index (χ1v) is 9.55. The molecule has 1 aliphatic carbocycles. The Labute approximate surface area is 177 Å². The molecular formula is C22H21N3O6. The van der Waals surface area contributed by atoms with Gasteiger partial charge in [-0.25, -0.2) is 9.59 Å². The van der Waals surface area contributed by atoms with Crippen LogP contribution in [0.5, 0.6) is 0 Å². The molecule has 0 bridgehead atoms. The number of ether oxygens (including phenoxy) is 1. The van der Waals surface area contributed by atoms with Crippen molar-refractivity contribution in [2.24, 2.45) is 0 Å². The van der Waals surface area contributed by atoms with Gasteiger partial charge in [-0.05, 0) is 32.9 Å². The third-order valence-corrected chi connectivity index (χ3v) is 4.66. The number of carbonyl (C=O) groups is 5. The first-order chi connectivity index (χ1) is 14.6. The van der Waals surface area contributed by atoms with Gasteiger partial charge in [-0.1, -0.05) is 24.3 Å². The third-order valence-electron chi connectivity index (χ3n) is 4.66. The summed E-state index contributed by atoms with van der Waals surface area (Å²) in [6, 6.07) is 8.02. The number of nitrogen functional groups attached to an aromatic ring is 1. The van der Waals surface area contributed by atoms with E-state index < -0.39 is 29.8 Å². The van der Waals surface area contributed by atoms with E-state index in [4.69, 9.17) is 10.5 Å². The number of carbonyl (C=O) groups excluding carboxylic acids is 5. The smallest absolute Gasteiger partial charge is 0.341 e. The Bertz CT molecular complexity index is 1120. The second-order valence-electron chi connectivity index (χ2n) is 7.32. The van der Waals surface area contributed by atoms with Crippen LogP contribution in [0.25, 0.3) is 0 Å². The van der Waals surface area contributed by atoms with Crippen LogP contribution in [0.4, 0.5) is 10.5 Å². The normalized spacial score (nSPS) is 13.2. The predicted octanol–water partition coefficient (Wildman–Crippen LogP) is 1.82. The van der Waals surface area contributed by atoms with Crippen molar-refractivity contribution in [2.75, 3.05) is 5.73 Å². The van der Waals surface area contributed by atoms with Gasteiger partial charge < -0.3 is 15.8 Å². The number of rotatable bonds is 4. The molecule has 3 rings (SSSR count). The van der Waals surface area contributed by atoms with Crippen LogP contribution in [0.2, 0.25) is 0 Å². The maximum Gasteiger partial charge on any atom is 0.341 e. The van der Waals surface area contributed by atoms with Crippen LogP contribution in [-0.2, 0) is 9.53 Å². The van der Waals surface area contributed by atoms with Gasteiger partial charge in [0.25, 0.3) is 5.91 Å². The lowest BCUT2D eigenvalue weighted by atomic mass is 9.82. The van der Waals surface area contributed by atoms with E-state index in [1.165, 1.54) is 25.1 Å². The van der Waals surface area contributed by atoms with Gasteiger partial charge in [0.2, 0.25) is 0 Å². The summed E-state index contributed by atoms with van der Waals surface area (Å²) < 4.78 is 5.10. The zero-order valence-corrected chi connectivity index (χ0v) is 17.1. The molecule has 3 amide bonds. The molecule has 0 saturated heterocycles. The highest BCUT2D eigenvalue weighted by molar-refractivity contribution is 6.30. The van der Waals surface area contributed by atoms with Crippen LogP contribution in [-0.4, -0.2) is 41.6 Å². The number of imide groups is 1. The molecule has 2 aromatic rings. The van der Waals surface area contributed by atoms with Crippen molar-refractivity contribution >= 4 is 35.2 Å². The van der Waals surface area contributed by atoms with E-state index >= 15 is 0 Å². The third kappa shape index (κ3) is 4.16. The predicted molar refractivity (Wildman–Crippen MR) is 111 cm³/mol. The number of esters is 1. The van der Waals surface area contributed by atoms with Gasteiger partial charge in [0.15, 0.2) is 17.7 Å². The largest absolute Gasteiger partial charge is 0.449 e. The van der Waals surface area contributed by atoms with E-state index in [-0.39, 0.29) is 45.3 Å². The molecule has 1 aliphatic rings. The summed E-state index contributed by atoms with van der Waals surface area (Å²) in [7, 11) is 0. The average Bonchev–Trinajstić information content (AvgIpc) is 2.70. The molecule has 9 heteroatoms. The highest BCUT2D eigenvalue weighted by Gasteiger charge is 2.33. The quantitative estimate of drug-likeness (QED) is 0.429. The number of anilines is 1. The van der Waals surface area contributed by atoms with Crippen LogP contribution in [0, 0.1) is 0 Å². The minimum absolute atomic E-state index is 0.0773. The van der Waals surface area contributed by atoms with Crippen molar-refractivity contribution in [3.63, 3.8) is 0 Å². The molecule has 9 nitrogen and oxygen atoms in total. The van der Waals surface area contributed by atoms with E-state index in [0.717, 1.165) is 0 Å².